The molecule has 3 aliphatic rings. The highest BCUT2D eigenvalue weighted by Gasteiger charge is 2.60. The smallest absolute Gasteiger partial charge is 0.269 e. The van der Waals surface area contributed by atoms with Gasteiger partial charge >= 0.3 is 0 Å². The molecule has 5 rings (SSSR count). The highest BCUT2D eigenvalue weighted by molar-refractivity contribution is 9.10. The number of halogens is 1. The summed E-state index contributed by atoms with van der Waals surface area (Å²) in [5.74, 6) is -1.75. The molecule has 2 aliphatic carbocycles. The number of rotatable bonds is 6. The minimum atomic E-state index is -0.926. The number of nitrogens with one attached hydrogen (secondary N) is 1. The van der Waals surface area contributed by atoms with Crippen molar-refractivity contribution in [3.8, 4) is 0 Å². The van der Waals surface area contributed by atoms with Crippen molar-refractivity contribution < 1.29 is 19.3 Å². The van der Waals surface area contributed by atoms with Gasteiger partial charge in [0.25, 0.3) is 5.69 Å². The van der Waals surface area contributed by atoms with Gasteiger partial charge in [0.2, 0.25) is 17.7 Å². The minimum absolute atomic E-state index is 0.0313. The van der Waals surface area contributed by atoms with Crippen molar-refractivity contribution in [2.75, 3.05) is 5.32 Å². The van der Waals surface area contributed by atoms with Gasteiger partial charge in [-0.1, -0.05) is 40.2 Å². The summed E-state index contributed by atoms with van der Waals surface area (Å²) in [6.45, 7) is 0. The van der Waals surface area contributed by atoms with E-state index in [0.29, 0.717) is 11.3 Å². The number of imide groups is 1. The number of benzene rings is 2. The second-order valence-corrected chi connectivity index (χ2v) is 9.59. The third kappa shape index (κ3) is 3.76. The average Bonchev–Trinajstić information content (AvgIpc) is 3.48. The van der Waals surface area contributed by atoms with Gasteiger partial charge in [-0.2, -0.15) is 0 Å². The van der Waals surface area contributed by atoms with Crippen molar-refractivity contribution in [2.45, 2.75) is 18.9 Å². The lowest BCUT2D eigenvalue weighted by atomic mass is 9.85. The van der Waals surface area contributed by atoms with Crippen LogP contribution in [0.2, 0.25) is 0 Å². The number of hydrogen-bond donors (Lipinski definition) is 1. The van der Waals surface area contributed by atoms with Gasteiger partial charge in [0.15, 0.2) is 0 Å². The number of non-ortho nitro benzene ring substituents is 1. The van der Waals surface area contributed by atoms with Crippen LogP contribution in [-0.4, -0.2) is 27.5 Å². The fourth-order valence-electron chi connectivity index (χ4n) is 5.36. The van der Waals surface area contributed by atoms with Crippen molar-refractivity contribution in [1.29, 1.82) is 0 Å². The molecular formula is C24H20BrN3O5. The summed E-state index contributed by atoms with van der Waals surface area (Å²) in [6.07, 6.45) is 4.61. The molecule has 2 aromatic carbocycles. The summed E-state index contributed by atoms with van der Waals surface area (Å²) < 4.78 is 0.859. The monoisotopic (exact) mass is 509 g/mol. The molecule has 1 saturated carbocycles. The number of anilines is 1. The molecule has 33 heavy (non-hydrogen) atoms. The summed E-state index contributed by atoms with van der Waals surface area (Å²) >= 11 is 3.34. The number of nitrogens with zero attached hydrogens (tertiary/aromatic N) is 2. The van der Waals surface area contributed by atoms with Crippen LogP contribution >= 0.6 is 15.9 Å². The zero-order chi connectivity index (χ0) is 23.3. The molecule has 3 amide bonds. The molecule has 5 atom stereocenters. The number of nitro groups is 1. The van der Waals surface area contributed by atoms with Crippen LogP contribution in [0.5, 0.6) is 0 Å². The van der Waals surface area contributed by atoms with E-state index in [1.807, 2.05) is 12.2 Å². The first-order chi connectivity index (χ1) is 15.8. The third-order valence-electron chi connectivity index (χ3n) is 6.79. The first-order valence-electron chi connectivity index (χ1n) is 10.7. The summed E-state index contributed by atoms with van der Waals surface area (Å²) in [5.41, 5.74) is 0.795. The summed E-state index contributed by atoms with van der Waals surface area (Å²) in [5, 5.41) is 14.1. The van der Waals surface area contributed by atoms with Gasteiger partial charge in [-0.05, 0) is 48.1 Å². The van der Waals surface area contributed by atoms with E-state index in [1.54, 1.807) is 30.3 Å². The van der Waals surface area contributed by atoms with Crippen LogP contribution in [0.15, 0.2) is 65.2 Å². The van der Waals surface area contributed by atoms with E-state index >= 15 is 0 Å². The van der Waals surface area contributed by atoms with Gasteiger partial charge in [0.05, 0.1) is 29.2 Å². The Morgan fingerprint density at radius 2 is 1.73 bits per heavy atom. The highest BCUT2D eigenvalue weighted by Crippen LogP contribution is 2.54. The topological polar surface area (TPSA) is 110 Å². The fraction of sp³-hybridized carbons (Fsp3) is 0.292. The third-order valence-corrected chi connectivity index (χ3v) is 7.32. The summed E-state index contributed by atoms with van der Waals surface area (Å²) in [4.78, 5) is 51.7. The Morgan fingerprint density at radius 1 is 1.09 bits per heavy atom. The molecule has 9 heteroatoms. The number of hydrogen-bond acceptors (Lipinski definition) is 5. The summed E-state index contributed by atoms with van der Waals surface area (Å²) in [6, 6.07) is 11.9. The fourth-order valence-corrected chi connectivity index (χ4v) is 5.62. The number of allylic oxidation sites excluding steroid dienone is 2. The molecule has 2 bridgehead atoms. The van der Waals surface area contributed by atoms with E-state index < -0.39 is 28.7 Å². The first kappa shape index (κ1) is 21.5. The Labute approximate surface area is 197 Å². The molecule has 168 valence electrons. The predicted molar refractivity (Wildman–Crippen MR) is 123 cm³/mol. The number of amides is 3. The second-order valence-electron chi connectivity index (χ2n) is 8.67. The number of likely N-dealkylation sites (tertiary alicyclic amines) is 1. The quantitative estimate of drug-likeness (QED) is 0.271. The van der Waals surface area contributed by atoms with Crippen molar-refractivity contribution in [2.24, 2.45) is 23.7 Å². The number of carbonyl (C=O) groups is 3. The number of nitro benzene ring substituents is 1. The highest BCUT2D eigenvalue weighted by atomic mass is 79.9. The zero-order valence-corrected chi connectivity index (χ0v) is 19.0. The van der Waals surface area contributed by atoms with Crippen molar-refractivity contribution in [3.63, 3.8) is 0 Å². The van der Waals surface area contributed by atoms with Crippen molar-refractivity contribution in [3.05, 3.63) is 80.8 Å². The summed E-state index contributed by atoms with van der Waals surface area (Å²) in [7, 11) is 0. The lowest BCUT2D eigenvalue weighted by Gasteiger charge is -2.28. The molecule has 1 N–H and O–H groups in total. The van der Waals surface area contributed by atoms with Crippen LogP contribution in [0.3, 0.4) is 0 Å². The Balaban J connectivity index is 1.47. The van der Waals surface area contributed by atoms with Crippen molar-refractivity contribution >= 4 is 45.0 Å². The van der Waals surface area contributed by atoms with Gasteiger partial charge in [-0.3, -0.25) is 29.4 Å². The van der Waals surface area contributed by atoms with Crippen LogP contribution < -0.4 is 5.32 Å². The maximum atomic E-state index is 13.4. The molecule has 8 nitrogen and oxygen atoms in total. The number of fused-ring (bicyclic) bond motifs is 5. The standard InChI is InChI=1S/C24H20BrN3O5/c25-16-6-8-17(9-7-16)26-20(29)12-19(13-2-1-3-18(11-13)28(32)33)27-23(30)21-14-4-5-15(10-14)22(21)24(27)31/h1-9,11,14-15,19,21-22H,10,12H2,(H,26,29). The Morgan fingerprint density at radius 3 is 2.33 bits per heavy atom. The molecular weight excluding hydrogens is 490 g/mol. The van der Waals surface area contributed by atoms with E-state index in [4.69, 9.17) is 0 Å². The molecule has 5 unspecified atom stereocenters. The van der Waals surface area contributed by atoms with Crippen LogP contribution in [-0.2, 0) is 14.4 Å². The SMILES string of the molecule is O=C(CC(c1cccc([N+](=O)[O-])c1)N1C(=O)C2C3C=CC(C3)C2C1=O)Nc1ccc(Br)cc1. The molecule has 1 saturated heterocycles. The molecule has 1 aliphatic heterocycles. The lowest BCUT2D eigenvalue weighted by molar-refractivity contribution is -0.385. The maximum absolute atomic E-state index is 13.4. The molecule has 2 fully saturated rings. The molecule has 0 aromatic heterocycles. The first-order valence-corrected chi connectivity index (χ1v) is 11.5. The molecule has 2 aromatic rings. The second kappa shape index (κ2) is 8.22. The van der Waals surface area contributed by atoms with Gasteiger partial charge in [-0.15, -0.1) is 0 Å². The Kier molecular flexibility index (Phi) is 5.36. The van der Waals surface area contributed by atoms with E-state index in [-0.39, 0.29) is 35.8 Å². The van der Waals surface area contributed by atoms with Crippen LogP contribution in [0.1, 0.15) is 24.4 Å². The molecule has 1 heterocycles. The van der Waals surface area contributed by atoms with Gasteiger partial charge in [0, 0.05) is 22.3 Å². The largest absolute Gasteiger partial charge is 0.326 e. The minimum Gasteiger partial charge on any atom is -0.326 e. The van der Waals surface area contributed by atoms with Crippen molar-refractivity contribution in [1.82, 2.24) is 4.90 Å². The van der Waals surface area contributed by atoms with Crippen LogP contribution in [0, 0.1) is 33.8 Å². The Hall–Kier alpha value is -3.33. The van der Waals surface area contributed by atoms with E-state index in [9.17, 15) is 24.5 Å². The molecule has 0 radical (unpaired) electrons. The van der Waals surface area contributed by atoms with Crippen LogP contribution in [0.25, 0.3) is 0 Å². The van der Waals surface area contributed by atoms with Gasteiger partial charge in [-0.25, -0.2) is 0 Å². The van der Waals surface area contributed by atoms with E-state index in [2.05, 4.69) is 21.2 Å². The average molecular weight is 510 g/mol. The van der Waals surface area contributed by atoms with E-state index in [0.717, 1.165) is 10.9 Å². The number of carbonyl (C=O) groups excluding carboxylic acids is 3. The normalized spacial score (nSPS) is 25.9. The zero-order valence-electron chi connectivity index (χ0n) is 17.4. The van der Waals surface area contributed by atoms with Gasteiger partial charge < -0.3 is 5.32 Å². The predicted octanol–water partition coefficient (Wildman–Crippen LogP) is 4.23. The maximum Gasteiger partial charge on any atom is 0.269 e. The van der Waals surface area contributed by atoms with Gasteiger partial charge in [0.1, 0.15) is 0 Å². The molecule has 0 spiro atoms. The lowest BCUT2D eigenvalue weighted by Crippen LogP contribution is -2.38. The Bertz CT molecular complexity index is 1160. The van der Waals surface area contributed by atoms with Crippen LogP contribution in [0.4, 0.5) is 11.4 Å². The van der Waals surface area contributed by atoms with E-state index in [1.165, 1.54) is 23.1 Å².